The molecule has 1 aromatic carbocycles. The number of oxime groups is 1. The number of hydrogen-bond acceptors (Lipinski definition) is 3. The van der Waals surface area contributed by atoms with Gasteiger partial charge in [-0.1, -0.05) is 41.6 Å². The molecule has 1 N–H and O–H groups in total. The summed E-state index contributed by atoms with van der Waals surface area (Å²) in [7, 11) is 0. The van der Waals surface area contributed by atoms with E-state index in [1.807, 2.05) is 36.4 Å². The van der Waals surface area contributed by atoms with Crippen molar-refractivity contribution in [1.29, 1.82) is 0 Å². The lowest BCUT2D eigenvalue weighted by atomic mass is 10.2. The highest BCUT2D eigenvalue weighted by Crippen LogP contribution is 2.01. The highest BCUT2D eigenvalue weighted by Gasteiger charge is 1.94. The fraction of sp³-hybridized carbons (Fsp3) is 0.167. The molecule has 4 heteroatoms. The minimum absolute atomic E-state index is 0.420. The van der Waals surface area contributed by atoms with Gasteiger partial charge in [-0.05, 0) is 18.6 Å². The molecular formula is C12H13NO3. The van der Waals surface area contributed by atoms with Crippen LogP contribution in [0.2, 0.25) is 0 Å². The van der Waals surface area contributed by atoms with E-state index in [2.05, 4.69) is 9.99 Å². The van der Waals surface area contributed by atoms with Crippen molar-refractivity contribution in [2.75, 3.05) is 6.61 Å². The number of hydrogen-bond donors (Lipinski definition) is 1. The van der Waals surface area contributed by atoms with E-state index >= 15 is 0 Å². The summed E-state index contributed by atoms with van der Waals surface area (Å²) in [6.07, 6.45) is 3.64. The molecule has 0 saturated heterocycles. The summed E-state index contributed by atoms with van der Waals surface area (Å²) in [5, 5.41) is 12.0. The SMILES string of the molecule is CC(/C=C/c1ccccc1)=N\OCC(=O)O. The molecule has 1 rings (SSSR count). The highest BCUT2D eigenvalue weighted by atomic mass is 16.6. The number of carbonyl (C=O) groups is 1. The van der Waals surface area contributed by atoms with Gasteiger partial charge in [0.25, 0.3) is 0 Å². The van der Waals surface area contributed by atoms with E-state index in [1.54, 1.807) is 13.0 Å². The lowest BCUT2D eigenvalue weighted by Crippen LogP contribution is -2.04. The number of carboxylic acid groups (broad SMARTS) is 1. The quantitative estimate of drug-likeness (QED) is 0.610. The molecule has 84 valence electrons. The maximum atomic E-state index is 10.1. The van der Waals surface area contributed by atoms with Gasteiger partial charge in [-0.2, -0.15) is 0 Å². The van der Waals surface area contributed by atoms with Gasteiger partial charge in [0.1, 0.15) is 0 Å². The molecule has 0 fully saturated rings. The average Bonchev–Trinajstić information content (AvgIpc) is 2.27. The van der Waals surface area contributed by atoms with Gasteiger partial charge >= 0.3 is 5.97 Å². The van der Waals surface area contributed by atoms with Crippen LogP contribution in [0, 0.1) is 0 Å². The summed E-state index contributed by atoms with van der Waals surface area (Å²) >= 11 is 0. The van der Waals surface area contributed by atoms with Crippen LogP contribution in [-0.4, -0.2) is 23.4 Å². The maximum absolute atomic E-state index is 10.1. The molecule has 0 spiro atoms. The van der Waals surface area contributed by atoms with Crippen molar-refractivity contribution in [3.05, 3.63) is 42.0 Å². The number of allylic oxidation sites excluding steroid dienone is 1. The molecule has 0 atom stereocenters. The molecule has 0 aliphatic heterocycles. The molecule has 0 aliphatic rings. The van der Waals surface area contributed by atoms with Crippen LogP contribution in [0.3, 0.4) is 0 Å². The zero-order valence-corrected chi connectivity index (χ0v) is 8.96. The molecule has 0 saturated carbocycles. The van der Waals surface area contributed by atoms with E-state index in [-0.39, 0.29) is 0 Å². The minimum atomic E-state index is -1.04. The Morgan fingerprint density at radius 3 is 2.75 bits per heavy atom. The smallest absolute Gasteiger partial charge is 0.344 e. The van der Waals surface area contributed by atoms with Crippen molar-refractivity contribution in [3.8, 4) is 0 Å². The first-order valence-electron chi connectivity index (χ1n) is 4.80. The van der Waals surface area contributed by atoms with Gasteiger partial charge < -0.3 is 9.94 Å². The second-order valence-corrected chi connectivity index (χ2v) is 3.14. The first-order valence-corrected chi connectivity index (χ1v) is 4.80. The van der Waals surface area contributed by atoms with E-state index in [0.29, 0.717) is 5.71 Å². The number of aliphatic carboxylic acids is 1. The van der Waals surface area contributed by atoms with Crippen LogP contribution in [0.15, 0.2) is 41.6 Å². The summed E-state index contributed by atoms with van der Waals surface area (Å²) in [5.74, 6) is -1.04. The van der Waals surface area contributed by atoms with Gasteiger partial charge in [0.15, 0.2) is 0 Å². The Morgan fingerprint density at radius 2 is 2.12 bits per heavy atom. The normalized spacial score (nSPS) is 11.7. The van der Waals surface area contributed by atoms with Crippen LogP contribution in [0.4, 0.5) is 0 Å². The third-order valence-electron chi connectivity index (χ3n) is 1.71. The molecule has 0 bridgehead atoms. The number of nitrogens with zero attached hydrogens (tertiary/aromatic N) is 1. The van der Waals surface area contributed by atoms with Crippen LogP contribution in [-0.2, 0) is 9.63 Å². The van der Waals surface area contributed by atoms with Crippen molar-refractivity contribution >= 4 is 17.8 Å². The van der Waals surface area contributed by atoms with Crippen molar-refractivity contribution in [2.45, 2.75) is 6.92 Å². The fourth-order valence-corrected chi connectivity index (χ4v) is 1.00. The number of rotatable bonds is 5. The van der Waals surface area contributed by atoms with Gasteiger partial charge in [-0.3, -0.25) is 0 Å². The van der Waals surface area contributed by atoms with Crippen LogP contribution in [0.1, 0.15) is 12.5 Å². The molecule has 4 nitrogen and oxygen atoms in total. The zero-order valence-electron chi connectivity index (χ0n) is 8.96. The predicted molar refractivity (Wildman–Crippen MR) is 62.2 cm³/mol. The van der Waals surface area contributed by atoms with E-state index in [1.165, 1.54) is 0 Å². The minimum Gasteiger partial charge on any atom is -0.479 e. The van der Waals surface area contributed by atoms with E-state index in [9.17, 15) is 4.79 Å². The zero-order chi connectivity index (χ0) is 11.8. The Kier molecular flexibility index (Phi) is 4.79. The van der Waals surface area contributed by atoms with E-state index in [0.717, 1.165) is 5.56 Å². The lowest BCUT2D eigenvalue weighted by molar-refractivity contribution is -0.142. The molecule has 0 radical (unpaired) electrons. The van der Waals surface area contributed by atoms with Gasteiger partial charge in [-0.25, -0.2) is 4.79 Å². The summed E-state index contributed by atoms with van der Waals surface area (Å²) in [6, 6.07) is 9.73. The molecule has 16 heavy (non-hydrogen) atoms. The number of carboxylic acids is 1. The number of benzene rings is 1. The van der Waals surface area contributed by atoms with Crippen molar-refractivity contribution < 1.29 is 14.7 Å². The topological polar surface area (TPSA) is 58.9 Å². The maximum Gasteiger partial charge on any atom is 0.344 e. The van der Waals surface area contributed by atoms with E-state index < -0.39 is 12.6 Å². The van der Waals surface area contributed by atoms with Crippen LogP contribution in [0.5, 0.6) is 0 Å². The average molecular weight is 219 g/mol. The second-order valence-electron chi connectivity index (χ2n) is 3.14. The van der Waals surface area contributed by atoms with Crippen LogP contribution in [0.25, 0.3) is 6.08 Å². The first-order chi connectivity index (χ1) is 7.68. The first kappa shape index (κ1) is 12.0. The van der Waals surface area contributed by atoms with Gasteiger partial charge in [0.05, 0.1) is 5.71 Å². The van der Waals surface area contributed by atoms with E-state index in [4.69, 9.17) is 5.11 Å². The summed E-state index contributed by atoms with van der Waals surface area (Å²) < 4.78 is 0. The predicted octanol–water partition coefficient (Wildman–Crippen LogP) is 2.18. The van der Waals surface area contributed by atoms with Crippen LogP contribution >= 0.6 is 0 Å². The standard InChI is InChI=1S/C12H13NO3/c1-10(13-16-9-12(14)15)7-8-11-5-3-2-4-6-11/h2-8H,9H2,1H3,(H,14,15)/b8-7+,13-10+. The highest BCUT2D eigenvalue weighted by molar-refractivity contribution is 5.95. The largest absolute Gasteiger partial charge is 0.479 e. The van der Waals surface area contributed by atoms with Gasteiger partial charge in [0, 0.05) is 0 Å². The molecule has 0 aliphatic carbocycles. The second kappa shape index (κ2) is 6.40. The van der Waals surface area contributed by atoms with Gasteiger partial charge in [0.2, 0.25) is 6.61 Å². The monoisotopic (exact) mass is 219 g/mol. The molecule has 0 amide bonds. The molecular weight excluding hydrogens is 206 g/mol. The Bertz CT molecular complexity index is 396. The Balaban J connectivity index is 2.47. The summed E-state index contributed by atoms with van der Waals surface area (Å²) in [6.45, 7) is 1.32. The van der Waals surface area contributed by atoms with Crippen molar-refractivity contribution in [1.82, 2.24) is 0 Å². The van der Waals surface area contributed by atoms with Crippen molar-refractivity contribution in [2.24, 2.45) is 5.16 Å². The lowest BCUT2D eigenvalue weighted by Gasteiger charge is -1.95. The third-order valence-corrected chi connectivity index (χ3v) is 1.71. The molecule has 0 unspecified atom stereocenters. The van der Waals surface area contributed by atoms with Crippen LogP contribution < -0.4 is 0 Å². The molecule has 0 aromatic heterocycles. The molecule has 0 heterocycles. The third kappa shape index (κ3) is 4.95. The Labute approximate surface area is 93.9 Å². The van der Waals surface area contributed by atoms with Crippen molar-refractivity contribution in [3.63, 3.8) is 0 Å². The summed E-state index contributed by atoms with van der Waals surface area (Å²) in [4.78, 5) is 14.7. The van der Waals surface area contributed by atoms with Gasteiger partial charge in [-0.15, -0.1) is 0 Å². The Morgan fingerprint density at radius 1 is 1.44 bits per heavy atom. The fourth-order valence-electron chi connectivity index (χ4n) is 1.00. The summed E-state index contributed by atoms with van der Waals surface area (Å²) in [5.41, 5.74) is 1.67. The molecule has 1 aromatic rings. The Hall–Kier alpha value is -2.10.